The second-order valence-electron chi connectivity index (χ2n) is 6.81. The monoisotopic (exact) mass is 376 g/mol. The number of carbonyl (C=O) groups excluding carboxylic acids is 5. The highest BCUT2D eigenvalue weighted by atomic mass is 16.7. The number of amides is 3. The lowest BCUT2D eigenvalue weighted by Gasteiger charge is -2.21. The minimum Gasteiger partial charge on any atom is -0.338 e. The molecule has 0 aromatic heterocycles. The second-order valence-corrected chi connectivity index (χ2v) is 6.81. The van der Waals surface area contributed by atoms with Crippen LogP contribution in [-0.2, 0) is 33.6 Å². The van der Waals surface area contributed by atoms with Crippen LogP contribution in [0.25, 0.3) is 0 Å². The van der Waals surface area contributed by atoms with Crippen LogP contribution in [0.4, 0.5) is 0 Å². The molecule has 0 saturated heterocycles. The predicted octanol–water partition coefficient (Wildman–Crippen LogP) is 0.669. The predicted molar refractivity (Wildman–Crippen MR) is 88.6 cm³/mol. The molecule has 0 aromatic carbocycles. The zero-order chi connectivity index (χ0) is 19.6. The Morgan fingerprint density at radius 2 is 1.81 bits per heavy atom. The molecule has 9 nitrogen and oxygen atoms in total. The Morgan fingerprint density at radius 3 is 2.41 bits per heavy atom. The van der Waals surface area contributed by atoms with Crippen molar-refractivity contribution in [1.29, 1.82) is 0 Å². The summed E-state index contributed by atoms with van der Waals surface area (Å²) in [4.78, 5) is 68.2. The van der Waals surface area contributed by atoms with Crippen molar-refractivity contribution >= 4 is 29.7 Å². The van der Waals surface area contributed by atoms with E-state index in [2.05, 4.69) is 10.9 Å². The number of fused-ring (bicyclic) bond motifs is 2. The van der Waals surface area contributed by atoms with Gasteiger partial charge < -0.3 is 9.68 Å². The number of hydroxylamine groups is 4. The maximum atomic E-state index is 12.2. The SMILES string of the molecule is CN(OC(=O)C1CC2C=CC1C2)C(=O)CCCC(=O)ON1C(=O)C=CC1=O. The van der Waals surface area contributed by atoms with Crippen LogP contribution in [0.15, 0.2) is 24.3 Å². The molecular formula is C18H20N2O7. The normalized spacial score (nSPS) is 25.2. The van der Waals surface area contributed by atoms with Crippen molar-refractivity contribution in [3.63, 3.8) is 0 Å². The zero-order valence-electron chi connectivity index (χ0n) is 14.8. The van der Waals surface area contributed by atoms with Gasteiger partial charge in [-0.2, -0.15) is 5.06 Å². The van der Waals surface area contributed by atoms with Gasteiger partial charge in [-0.3, -0.25) is 14.4 Å². The quantitative estimate of drug-likeness (QED) is 0.381. The van der Waals surface area contributed by atoms with Crippen molar-refractivity contribution in [2.45, 2.75) is 32.1 Å². The minimum atomic E-state index is -0.804. The van der Waals surface area contributed by atoms with E-state index in [0.29, 0.717) is 11.0 Å². The molecule has 0 radical (unpaired) electrons. The number of hydrogen-bond acceptors (Lipinski definition) is 7. The molecule has 0 spiro atoms. The lowest BCUT2D eigenvalue weighted by Crippen LogP contribution is -2.34. The average Bonchev–Trinajstić information content (AvgIpc) is 3.33. The summed E-state index contributed by atoms with van der Waals surface area (Å²) in [5.41, 5.74) is 0. The molecule has 1 aliphatic heterocycles. The molecule has 3 unspecified atom stereocenters. The number of carbonyl (C=O) groups is 5. The first-order chi connectivity index (χ1) is 12.8. The molecule has 3 atom stereocenters. The zero-order valence-corrected chi connectivity index (χ0v) is 14.8. The van der Waals surface area contributed by atoms with Gasteiger partial charge in [0.05, 0.1) is 5.92 Å². The van der Waals surface area contributed by atoms with Crippen molar-refractivity contribution in [3.05, 3.63) is 24.3 Å². The van der Waals surface area contributed by atoms with Crippen LogP contribution in [0, 0.1) is 17.8 Å². The van der Waals surface area contributed by atoms with Crippen LogP contribution in [-0.4, -0.2) is 46.8 Å². The van der Waals surface area contributed by atoms with Gasteiger partial charge in [0.1, 0.15) is 0 Å². The summed E-state index contributed by atoms with van der Waals surface area (Å²) in [6.07, 6.45) is 7.74. The minimum absolute atomic E-state index is 0.0460. The van der Waals surface area contributed by atoms with E-state index in [1.54, 1.807) is 0 Å². The molecule has 1 heterocycles. The van der Waals surface area contributed by atoms with E-state index >= 15 is 0 Å². The summed E-state index contributed by atoms with van der Waals surface area (Å²) in [6.45, 7) is 0. The molecule has 1 fully saturated rings. The Balaban J connectivity index is 1.35. The lowest BCUT2D eigenvalue weighted by atomic mass is 9.94. The number of rotatable bonds is 6. The molecule has 9 heteroatoms. The van der Waals surface area contributed by atoms with Crippen LogP contribution >= 0.6 is 0 Å². The van der Waals surface area contributed by atoms with E-state index in [1.807, 2.05) is 6.08 Å². The molecular weight excluding hydrogens is 356 g/mol. The average molecular weight is 376 g/mol. The van der Waals surface area contributed by atoms with Crippen molar-refractivity contribution in [1.82, 2.24) is 10.1 Å². The highest BCUT2D eigenvalue weighted by molar-refractivity contribution is 6.12. The Hall–Kier alpha value is -2.97. The molecule has 0 aromatic rings. The molecule has 3 aliphatic rings. The van der Waals surface area contributed by atoms with E-state index in [1.165, 1.54) is 7.05 Å². The van der Waals surface area contributed by atoms with Crippen molar-refractivity contribution in [3.8, 4) is 0 Å². The third-order valence-corrected chi connectivity index (χ3v) is 4.89. The van der Waals surface area contributed by atoms with Crippen molar-refractivity contribution in [2.75, 3.05) is 7.05 Å². The fraction of sp³-hybridized carbons (Fsp3) is 0.500. The topological polar surface area (TPSA) is 110 Å². The Labute approximate surface area is 155 Å². The highest BCUT2D eigenvalue weighted by Crippen LogP contribution is 2.43. The van der Waals surface area contributed by atoms with Gasteiger partial charge in [-0.1, -0.05) is 17.2 Å². The van der Waals surface area contributed by atoms with Crippen LogP contribution in [0.2, 0.25) is 0 Å². The fourth-order valence-electron chi connectivity index (χ4n) is 3.47. The van der Waals surface area contributed by atoms with E-state index in [4.69, 9.17) is 4.84 Å². The van der Waals surface area contributed by atoms with Gasteiger partial charge in [0, 0.05) is 32.0 Å². The number of hydrogen-bond donors (Lipinski definition) is 0. The van der Waals surface area contributed by atoms with Gasteiger partial charge in [0.2, 0.25) is 0 Å². The van der Waals surface area contributed by atoms with Gasteiger partial charge in [0.15, 0.2) is 0 Å². The first kappa shape index (κ1) is 18.8. The summed E-state index contributed by atoms with van der Waals surface area (Å²) in [5, 5.41) is 1.25. The first-order valence-corrected chi connectivity index (χ1v) is 8.78. The van der Waals surface area contributed by atoms with E-state index in [0.717, 1.165) is 30.1 Å². The molecule has 1 saturated carbocycles. The Morgan fingerprint density at radius 1 is 1.11 bits per heavy atom. The van der Waals surface area contributed by atoms with Crippen molar-refractivity contribution in [2.24, 2.45) is 17.8 Å². The first-order valence-electron chi connectivity index (χ1n) is 8.78. The summed E-state index contributed by atoms with van der Waals surface area (Å²) < 4.78 is 0. The smallest absolute Gasteiger partial charge is 0.336 e. The Kier molecular flexibility index (Phi) is 5.38. The van der Waals surface area contributed by atoms with Gasteiger partial charge in [-0.15, -0.1) is 0 Å². The standard InChI is InChI=1S/C18H20N2O7/c1-19(27-18(25)13-10-11-5-6-12(13)9-11)14(21)3-2-4-17(24)26-20-15(22)7-8-16(20)23/h5-8,11-13H,2-4,9-10H2,1H3. The molecule has 3 rings (SSSR count). The van der Waals surface area contributed by atoms with E-state index < -0.39 is 29.7 Å². The third-order valence-electron chi connectivity index (χ3n) is 4.89. The van der Waals surface area contributed by atoms with Crippen LogP contribution < -0.4 is 0 Å². The molecule has 144 valence electrons. The van der Waals surface area contributed by atoms with E-state index in [9.17, 15) is 24.0 Å². The molecule has 3 amide bonds. The third kappa shape index (κ3) is 4.24. The summed E-state index contributed by atoms with van der Waals surface area (Å²) in [7, 11) is 1.36. The number of imide groups is 1. The maximum Gasteiger partial charge on any atom is 0.336 e. The number of nitrogens with zero attached hydrogens (tertiary/aromatic N) is 2. The largest absolute Gasteiger partial charge is 0.338 e. The van der Waals surface area contributed by atoms with Crippen LogP contribution in [0.1, 0.15) is 32.1 Å². The van der Waals surface area contributed by atoms with Crippen molar-refractivity contribution < 1.29 is 33.6 Å². The van der Waals surface area contributed by atoms with Crippen LogP contribution in [0.3, 0.4) is 0 Å². The van der Waals surface area contributed by atoms with Gasteiger partial charge >= 0.3 is 11.9 Å². The summed E-state index contributed by atoms with van der Waals surface area (Å²) >= 11 is 0. The molecule has 27 heavy (non-hydrogen) atoms. The van der Waals surface area contributed by atoms with E-state index in [-0.39, 0.29) is 31.1 Å². The summed E-state index contributed by atoms with van der Waals surface area (Å²) in [5.74, 6) is -2.74. The highest BCUT2D eigenvalue weighted by Gasteiger charge is 2.41. The van der Waals surface area contributed by atoms with Gasteiger partial charge in [-0.25, -0.2) is 9.59 Å². The van der Waals surface area contributed by atoms with Gasteiger partial charge in [0.25, 0.3) is 17.7 Å². The lowest BCUT2D eigenvalue weighted by molar-refractivity contribution is -0.198. The molecule has 2 bridgehead atoms. The van der Waals surface area contributed by atoms with Crippen LogP contribution in [0.5, 0.6) is 0 Å². The molecule has 0 N–H and O–H groups in total. The number of allylic oxidation sites excluding steroid dienone is 2. The van der Waals surface area contributed by atoms with Gasteiger partial charge in [-0.05, 0) is 31.1 Å². The fourth-order valence-corrected chi connectivity index (χ4v) is 3.47. The molecule has 2 aliphatic carbocycles. The maximum absolute atomic E-state index is 12.2. The second kappa shape index (κ2) is 7.73. The summed E-state index contributed by atoms with van der Waals surface area (Å²) in [6, 6.07) is 0. The Bertz CT molecular complexity index is 724.